The van der Waals surface area contributed by atoms with E-state index in [-0.39, 0.29) is 17.9 Å². The van der Waals surface area contributed by atoms with E-state index >= 15 is 0 Å². The Morgan fingerprint density at radius 3 is 1.96 bits per heavy atom. The lowest BCUT2D eigenvalue weighted by Gasteiger charge is -2.52. The summed E-state index contributed by atoms with van der Waals surface area (Å²) < 4.78 is 6.80. The number of rotatable bonds is 7. The zero-order valence-electron chi connectivity index (χ0n) is 17.4. The fourth-order valence-corrected chi connectivity index (χ4v) is 10.6. The van der Waals surface area contributed by atoms with E-state index in [9.17, 15) is 9.59 Å². The summed E-state index contributed by atoms with van der Waals surface area (Å²) in [6.45, 7) is 13.4. The average Bonchev–Trinajstić information content (AvgIpc) is 3.44. The Hall–Kier alpha value is -1.46. The summed E-state index contributed by atoms with van der Waals surface area (Å²) in [5.74, 6) is 0.0846. The van der Waals surface area contributed by atoms with E-state index in [1.54, 1.807) is 12.1 Å². The Labute approximate surface area is 164 Å². The van der Waals surface area contributed by atoms with Crippen LogP contribution in [0.4, 0.5) is 0 Å². The average molecular weight is 388 g/mol. The minimum atomic E-state index is -2.16. The molecule has 0 spiro atoms. The first-order valence-electron chi connectivity index (χ1n) is 10.3. The van der Waals surface area contributed by atoms with Crippen LogP contribution >= 0.6 is 0 Å². The highest BCUT2D eigenvalue weighted by molar-refractivity contribution is 6.77. The third kappa shape index (κ3) is 3.40. The molecule has 1 aliphatic heterocycles. The maximum Gasteiger partial charge on any atom is 0.260 e. The summed E-state index contributed by atoms with van der Waals surface area (Å²) in [6, 6.07) is 9.03. The maximum absolute atomic E-state index is 13.1. The first kappa shape index (κ1) is 20.3. The van der Waals surface area contributed by atoms with Gasteiger partial charge >= 0.3 is 0 Å². The van der Waals surface area contributed by atoms with Crippen LogP contribution in [0, 0.1) is 5.92 Å². The molecule has 1 saturated heterocycles. The van der Waals surface area contributed by atoms with Crippen molar-refractivity contribution in [3.8, 4) is 0 Å². The number of amides is 2. The minimum Gasteiger partial charge on any atom is -0.402 e. The van der Waals surface area contributed by atoms with Gasteiger partial charge in [0.05, 0.1) is 6.04 Å². The van der Waals surface area contributed by atoms with Crippen LogP contribution in [0.1, 0.15) is 64.7 Å². The normalized spacial score (nSPS) is 23.3. The number of β-lactam (4-membered cyclic amide) rings is 1. The summed E-state index contributed by atoms with van der Waals surface area (Å²) in [7, 11) is -2.16. The van der Waals surface area contributed by atoms with Crippen LogP contribution in [-0.2, 0) is 9.22 Å². The van der Waals surface area contributed by atoms with Gasteiger partial charge in [-0.3, -0.25) is 14.5 Å². The van der Waals surface area contributed by atoms with E-state index in [0.717, 1.165) is 12.8 Å². The van der Waals surface area contributed by atoms with Crippen molar-refractivity contribution in [3.05, 3.63) is 35.9 Å². The van der Waals surface area contributed by atoms with Crippen LogP contribution in [0.2, 0.25) is 16.6 Å². The molecule has 1 saturated carbocycles. The van der Waals surface area contributed by atoms with Crippen LogP contribution < -0.4 is 0 Å². The molecule has 0 aromatic heterocycles. The van der Waals surface area contributed by atoms with Crippen molar-refractivity contribution in [3.63, 3.8) is 0 Å². The van der Waals surface area contributed by atoms with Gasteiger partial charge in [-0.05, 0) is 47.5 Å². The molecule has 3 rings (SSSR count). The molecule has 2 atom stereocenters. The molecule has 2 amide bonds. The summed E-state index contributed by atoms with van der Waals surface area (Å²) >= 11 is 0. The van der Waals surface area contributed by atoms with Crippen molar-refractivity contribution in [2.75, 3.05) is 0 Å². The highest BCUT2D eigenvalue weighted by Gasteiger charge is 2.60. The van der Waals surface area contributed by atoms with E-state index in [2.05, 4.69) is 41.5 Å². The second-order valence-corrected chi connectivity index (χ2v) is 14.5. The van der Waals surface area contributed by atoms with Gasteiger partial charge in [0.15, 0.2) is 0 Å². The molecule has 0 radical (unpaired) electrons. The molecule has 0 N–H and O–H groups in total. The van der Waals surface area contributed by atoms with Crippen molar-refractivity contribution < 1.29 is 14.0 Å². The van der Waals surface area contributed by atoms with Gasteiger partial charge in [0, 0.05) is 5.56 Å². The molecular formula is C22H33NO3Si. The summed E-state index contributed by atoms with van der Waals surface area (Å²) in [5.41, 5.74) is 1.84. The van der Waals surface area contributed by atoms with Crippen LogP contribution in [0.25, 0.3) is 0 Å². The highest BCUT2D eigenvalue weighted by atomic mass is 28.4. The molecule has 148 valence electrons. The number of carbonyl (C=O) groups is 2. The van der Waals surface area contributed by atoms with Crippen LogP contribution in [0.5, 0.6) is 0 Å². The standard InChI is InChI=1S/C22H33NO3Si/c1-14(2)27(15(3)4,16(5)6)26-20-19(17-12-13-17)23(22(20)25)21(24)18-10-8-7-9-11-18/h7-11,14-17,19-20H,12-13H2,1-6H3/t19-,20+/m0/s1. The molecule has 2 fully saturated rings. The second-order valence-electron chi connectivity index (χ2n) is 9.06. The first-order chi connectivity index (χ1) is 12.7. The summed E-state index contributed by atoms with van der Waals surface area (Å²) in [5, 5.41) is 0. The van der Waals surface area contributed by atoms with Crippen LogP contribution in [0.3, 0.4) is 0 Å². The first-order valence-corrected chi connectivity index (χ1v) is 12.5. The van der Waals surface area contributed by atoms with Gasteiger partial charge in [0.2, 0.25) is 8.32 Å². The minimum absolute atomic E-state index is 0.0895. The Morgan fingerprint density at radius 1 is 1.00 bits per heavy atom. The number of nitrogens with zero attached hydrogens (tertiary/aromatic N) is 1. The Morgan fingerprint density at radius 2 is 1.52 bits per heavy atom. The van der Waals surface area contributed by atoms with Crippen molar-refractivity contribution in [1.29, 1.82) is 0 Å². The number of hydrogen-bond donors (Lipinski definition) is 0. The molecule has 5 heteroatoms. The molecule has 0 bridgehead atoms. The summed E-state index contributed by atoms with van der Waals surface area (Å²) in [4.78, 5) is 27.5. The van der Waals surface area contributed by atoms with E-state index in [1.807, 2.05) is 18.2 Å². The molecular weight excluding hydrogens is 354 g/mol. The zero-order valence-corrected chi connectivity index (χ0v) is 18.4. The largest absolute Gasteiger partial charge is 0.402 e. The third-order valence-corrected chi connectivity index (χ3v) is 12.5. The lowest BCUT2D eigenvalue weighted by molar-refractivity contribution is -0.160. The number of benzene rings is 1. The fourth-order valence-electron chi connectivity index (χ4n) is 5.08. The third-order valence-electron chi connectivity index (χ3n) is 6.47. The maximum atomic E-state index is 13.1. The van der Waals surface area contributed by atoms with Gasteiger partial charge in [-0.2, -0.15) is 0 Å². The van der Waals surface area contributed by atoms with Crippen LogP contribution in [0.15, 0.2) is 30.3 Å². The smallest absolute Gasteiger partial charge is 0.260 e. The predicted molar refractivity (Wildman–Crippen MR) is 110 cm³/mol. The van der Waals surface area contributed by atoms with E-state index < -0.39 is 14.4 Å². The fraction of sp³-hybridized carbons (Fsp3) is 0.636. The Kier molecular flexibility index (Phi) is 5.64. The van der Waals surface area contributed by atoms with Crippen molar-refractivity contribution in [2.24, 2.45) is 5.92 Å². The van der Waals surface area contributed by atoms with Gasteiger partial charge in [-0.15, -0.1) is 0 Å². The second kappa shape index (κ2) is 7.51. The molecule has 0 unspecified atom stereocenters. The molecule has 1 heterocycles. The molecule has 1 aliphatic carbocycles. The quantitative estimate of drug-likeness (QED) is 0.375. The lowest BCUT2D eigenvalue weighted by atomic mass is 9.92. The van der Waals surface area contributed by atoms with Gasteiger partial charge in [-0.1, -0.05) is 59.7 Å². The highest BCUT2D eigenvalue weighted by Crippen LogP contribution is 2.49. The monoisotopic (exact) mass is 387 g/mol. The molecule has 1 aromatic rings. The van der Waals surface area contributed by atoms with Gasteiger partial charge in [-0.25, -0.2) is 0 Å². The Balaban J connectivity index is 1.87. The van der Waals surface area contributed by atoms with Crippen molar-refractivity contribution in [2.45, 2.75) is 83.2 Å². The number of hydrogen-bond acceptors (Lipinski definition) is 3. The van der Waals surface area contributed by atoms with E-state index in [0.29, 0.717) is 28.1 Å². The lowest BCUT2D eigenvalue weighted by Crippen LogP contribution is -2.71. The number of likely N-dealkylation sites (tertiary alicyclic amines) is 1. The number of imide groups is 1. The zero-order chi connectivity index (χ0) is 19.9. The molecule has 4 nitrogen and oxygen atoms in total. The number of carbonyl (C=O) groups excluding carboxylic acids is 2. The van der Waals surface area contributed by atoms with Gasteiger partial charge in [0.25, 0.3) is 11.8 Å². The molecule has 2 aliphatic rings. The van der Waals surface area contributed by atoms with E-state index in [4.69, 9.17) is 4.43 Å². The predicted octanol–water partition coefficient (Wildman–Crippen LogP) is 5.01. The van der Waals surface area contributed by atoms with Crippen molar-refractivity contribution >= 4 is 20.1 Å². The van der Waals surface area contributed by atoms with Crippen molar-refractivity contribution in [1.82, 2.24) is 4.90 Å². The topological polar surface area (TPSA) is 46.6 Å². The van der Waals surface area contributed by atoms with Gasteiger partial charge in [0.1, 0.15) is 6.10 Å². The molecule has 1 aromatic carbocycles. The van der Waals surface area contributed by atoms with E-state index in [1.165, 1.54) is 4.90 Å². The van der Waals surface area contributed by atoms with Gasteiger partial charge < -0.3 is 4.43 Å². The SMILES string of the molecule is CC(C)[Si](O[C@H]1C(=O)N(C(=O)c2ccccc2)[C@H]1C1CC1)(C(C)C)C(C)C. The molecule has 27 heavy (non-hydrogen) atoms. The van der Waals surface area contributed by atoms with Crippen LogP contribution in [-0.4, -0.2) is 37.2 Å². The Bertz CT molecular complexity index is 675. The summed E-state index contributed by atoms with van der Waals surface area (Å²) in [6.07, 6.45) is 1.72.